The normalized spacial score (nSPS) is 22.6. The lowest BCUT2D eigenvalue weighted by Crippen LogP contribution is -2.45. The van der Waals surface area contributed by atoms with Crippen molar-refractivity contribution >= 4 is 19.9 Å². The Labute approximate surface area is 122 Å². The summed E-state index contributed by atoms with van der Waals surface area (Å²) in [4.78, 5) is 0. The molecule has 0 radical (unpaired) electrons. The molecule has 1 saturated heterocycles. The zero-order valence-corrected chi connectivity index (χ0v) is 14.1. The van der Waals surface area contributed by atoms with E-state index in [9.17, 15) is 16.8 Å². The number of hydrogen-bond donors (Lipinski definition) is 2. The van der Waals surface area contributed by atoms with Crippen molar-refractivity contribution in [3.8, 4) is 0 Å². The Hall–Kier alpha value is -0.180. The number of nitrogens with one attached hydrogen (secondary N) is 1. The Morgan fingerprint density at radius 1 is 1.25 bits per heavy atom. The van der Waals surface area contributed by atoms with Crippen LogP contribution in [-0.4, -0.2) is 46.2 Å². The van der Waals surface area contributed by atoms with Gasteiger partial charge in [-0.25, -0.2) is 21.6 Å². The molecule has 1 unspecified atom stereocenters. The van der Waals surface area contributed by atoms with Crippen LogP contribution in [0.2, 0.25) is 0 Å². The fourth-order valence-electron chi connectivity index (χ4n) is 2.38. The molecule has 1 aliphatic heterocycles. The average molecular weight is 326 g/mol. The molecule has 0 amide bonds. The van der Waals surface area contributed by atoms with Crippen LogP contribution in [-0.2, 0) is 19.9 Å². The van der Waals surface area contributed by atoms with E-state index in [-0.39, 0.29) is 42.3 Å². The van der Waals surface area contributed by atoms with Crippen LogP contribution >= 0.6 is 0 Å². The largest absolute Gasteiger partial charge is 0.326 e. The first-order valence-corrected chi connectivity index (χ1v) is 10.2. The van der Waals surface area contributed by atoms with Crippen LogP contribution in [0.3, 0.4) is 0 Å². The third-order valence-corrected chi connectivity index (χ3v) is 7.00. The summed E-state index contributed by atoms with van der Waals surface area (Å²) >= 11 is 0. The van der Waals surface area contributed by atoms with E-state index in [0.29, 0.717) is 6.42 Å². The second kappa shape index (κ2) is 6.29. The van der Waals surface area contributed by atoms with Gasteiger partial charge in [-0.15, -0.1) is 0 Å². The molecular formula is C12H26N2O4S2. The molecule has 1 rings (SSSR count). The topological polar surface area (TPSA) is 106 Å². The van der Waals surface area contributed by atoms with Gasteiger partial charge in [-0.1, -0.05) is 20.8 Å². The minimum absolute atomic E-state index is 0.0454. The second-order valence-electron chi connectivity index (χ2n) is 6.77. The predicted octanol–water partition coefficient (Wildman–Crippen LogP) is 0.247. The molecule has 20 heavy (non-hydrogen) atoms. The Bertz CT molecular complexity index is 506. The van der Waals surface area contributed by atoms with E-state index < -0.39 is 25.1 Å². The molecule has 3 N–H and O–H groups in total. The first kappa shape index (κ1) is 17.9. The Balaban J connectivity index is 2.50. The zero-order valence-electron chi connectivity index (χ0n) is 12.4. The summed E-state index contributed by atoms with van der Waals surface area (Å²) < 4.78 is 49.4. The maximum absolute atomic E-state index is 12.1. The van der Waals surface area contributed by atoms with Crippen LogP contribution < -0.4 is 10.5 Å². The van der Waals surface area contributed by atoms with E-state index in [0.717, 1.165) is 0 Å². The summed E-state index contributed by atoms with van der Waals surface area (Å²) in [6, 6.07) is -0.239. The summed E-state index contributed by atoms with van der Waals surface area (Å²) in [7, 11) is -6.53. The van der Waals surface area contributed by atoms with Crippen LogP contribution in [0.5, 0.6) is 0 Å². The number of rotatable bonds is 5. The molecule has 1 fully saturated rings. The quantitative estimate of drug-likeness (QED) is 0.753. The van der Waals surface area contributed by atoms with Crippen molar-refractivity contribution in [2.75, 3.05) is 18.1 Å². The molecule has 1 atom stereocenters. The second-order valence-corrected chi connectivity index (χ2v) is 11.1. The highest BCUT2D eigenvalue weighted by Crippen LogP contribution is 2.21. The van der Waals surface area contributed by atoms with Gasteiger partial charge in [0, 0.05) is 12.6 Å². The predicted molar refractivity (Wildman–Crippen MR) is 80.6 cm³/mol. The monoisotopic (exact) mass is 326 g/mol. The zero-order chi connectivity index (χ0) is 15.6. The highest BCUT2D eigenvalue weighted by molar-refractivity contribution is 7.92. The summed E-state index contributed by atoms with van der Waals surface area (Å²) in [6.45, 7) is 6.34. The molecule has 0 spiro atoms. The van der Waals surface area contributed by atoms with Crippen molar-refractivity contribution in [2.24, 2.45) is 11.1 Å². The lowest BCUT2D eigenvalue weighted by molar-refractivity contribution is 0.338. The summed E-state index contributed by atoms with van der Waals surface area (Å²) in [5.74, 6) is -0.0980. The first-order valence-electron chi connectivity index (χ1n) is 6.86. The molecule has 6 nitrogen and oxygen atoms in total. The maximum Gasteiger partial charge on any atom is 0.214 e. The maximum atomic E-state index is 12.1. The Morgan fingerprint density at radius 2 is 1.75 bits per heavy atom. The van der Waals surface area contributed by atoms with E-state index in [1.54, 1.807) is 0 Å². The average Bonchev–Trinajstić information content (AvgIpc) is 2.23. The molecular weight excluding hydrogens is 300 g/mol. The van der Waals surface area contributed by atoms with Crippen LogP contribution in [0.1, 0.15) is 40.0 Å². The van der Waals surface area contributed by atoms with Gasteiger partial charge in [0.15, 0.2) is 0 Å². The van der Waals surface area contributed by atoms with Crippen molar-refractivity contribution in [1.29, 1.82) is 0 Å². The standard InChI is InChI=1S/C12H26N2O4S2/c1-12(2,3)8-10(13)9-14-20(17,18)11-4-6-19(15,16)7-5-11/h10-11,14H,4-9,13H2,1-3H3. The summed E-state index contributed by atoms with van der Waals surface area (Å²) in [5.41, 5.74) is 5.96. The van der Waals surface area contributed by atoms with Crippen molar-refractivity contribution in [3.63, 3.8) is 0 Å². The van der Waals surface area contributed by atoms with Crippen LogP contribution in [0.4, 0.5) is 0 Å². The van der Waals surface area contributed by atoms with Gasteiger partial charge < -0.3 is 5.73 Å². The molecule has 1 aliphatic rings. The van der Waals surface area contributed by atoms with Gasteiger partial charge in [-0.05, 0) is 24.7 Å². The van der Waals surface area contributed by atoms with Crippen LogP contribution in [0.15, 0.2) is 0 Å². The van der Waals surface area contributed by atoms with Gasteiger partial charge in [0.2, 0.25) is 10.0 Å². The first-order chi connectivity index (χ1) is 8.91. The van der Waals surface area contributed by atoms with E-state index in [2.05, 4.69) is 4.72 Å². The van der Waals surface area contributed by atoms with Crippen molar-refractivity contribution in [3.05, 3.63) is 0 Å². The minimum Gasteiger partial charge on any atom is -0.326 e. The molecule has 0 saturated carbocycles. The van der Waals surface area contributed by atoms with E-state index in [4.69, 9.17) is 5.73 Å². The number of sulfonamides is 1. The van der Waals surface area contributed by atoms with E-state index in [1.807, 2.05) is 20.8 Å². The molecule has 8 heteroatoms. The Kier molecular flexibility index (Phi) is 5.62. The number of sulfone groups is 1. The Morgan fingerprint density at radius 3 is 2.20 bits per heavy atom. The van der Waals surface area contributed by atoms with Crippen molar-refractivity contribution < 1.29 is 16.8 Å². The molecule has 0 aromatic heterocycles. The van der Waals surface area contributed by atoms with Gasteiger partial charge in [-0.2, -0.15) is 0 Å². The fourth-order valence-corrected chi connectivity index (χ4v) is 5.71. The molecule has 1 heterocycles. The lowest BCUT2D eigenvalue weighted by atomic mass is 9.88. The summed E-state index contributed by atoms with van der Waals surface area (Å²) in [5, 5.41) is -0.618. The highest BCUT2D eigenvalue weighted by atomic mass is 32.2. The van der Waals surface area contributed by atoms with E-state index >= 15 is 0 Å². The highest BCUT2D eigenvalue weighted by Gasteiger charge is 2.32. The third kappa shape index (κ3) is 6.07. The molecule has 120 valence electrons. The van der Waals surface area contributed by atoms with Gasteiger partial charge in [0.1, 0.15) is 9.84 Å². The van der Waals surface area contributed by atoms with Crippen molar-refractivity contribution in [2.45, 2.75) is 51.3 Å². The molecule has 0 bridgehead atoms. The SMILES string of the molecule is CC(C)(C)CC(N)CNS(=O)(=O)C1CCS(=O)(=O)CC1. The molecule has 0 aromatic rings. The van der Waals surface area contributed by atoms with Gasteiger partial charge in [0.05, 0.1) is 16.8 Å². The number of hydrogen-bond acceptors (Lipinski definition) is 5. The smallest absolute Gasteiger partial charge is 0.214 e. The van der Waals surface area contributed by atoms with Crippen LogP contribution in [0, 0.1) is 5.41 Å². The van der Waals surface area contributed by atoms with Crippen LogP contribution in [0.25, 0.3) is 0 Å². The van der Waals surface area contributed by atoms with Gasteiger partial charge in [0.25, 0.3) is 0 Å². The van der Waals surface area contributed by atoms with E-state index in [1.165, 1.54) is 0 Å². The van der Waals surface area contributed by atoms with Gasteiger partial charge >= 0.3 is 0 Å². The summed E-state index contributed by atoms with van der Waals surface area (Å²) in [6.07, 6.45) is 1.06. The molecule has 0 aromatic carbocycles. The lowest BCUT2D eigenvalue weighted by Gasteiger charge is -2.25. The van der Waals surface area contributed by atoms with Crippen molar-refractivity contribution in [1.82, 2.24) is 4.72 Å². The van der Waals surface area contributed by atoms with Gasteiger partial charge in [-0.3, -0.25) is 0 Å². The fraction of sp³-hybridized carbons (Fsp3) is 1.00. The minimum atomic E-state index is -3.48. The number of nitrogens with two attached hydrogens (primary N) is 1. The third-order valence-electron chi connectivity index (χ3n) is 3.36. The molecule has 0 aliphatic carbocycles.